The highest BCUT2D eigenvalue weighted by Gasteiger charge is 2.24. The SMILES string of the molecule is CCOC(=O)c1c(Br)c(Br)c(C(=O)[O-])c(Br)c1Br. The van der Waals surface area contributed by atoms with Gasteiger partial charge in [0.15, 0.2) is 0 Å². The Morgan fingerprint density at radius 1 is 1.00 bits per heavy atom. The Hall–Kier alpha value is 0.0800. The summed E-state index contributed by atoms with van der Waals surface area (Å²) in [5, 5.41) is 11.0. The molecule has 0 unspecified atom stereocenters. The highest BCUT2D eigenvalue weighted by molar-refractivity contribution is 9.14. The van der Waals surface area contributed by atoms with E-state index in [2.05, 4.69) is 63.7 Å². The highest BCUT2D eigenvalue weighted by atomic mass is 79.9. The molecule has 0 aliphatic rings. The summed E-state index contributed by atoms with van der Waals surface area (Å²) in [5.74, 6) is -1.94. The second-order valence-electron chi connectivity index (χ2n) is 3.01. The number of hydrogen-bond acceptors (Lipinski definition) is 4. The Balaban J connectivity index is 3.58. The lowest BCUT2D eigenvalue weighted by Crippen LogP contribution is -2.24. The molecule has 0 heterocycles. The van der Waals surface area contributed by atoms with E-state index in [0.717, 1.165) is 0 Å². The topological polar surface area (TPSA) is 66.4 Å². The van der Waals surface area contributed by atoms with Crippen LogP contribution in [-0.2, 0) is 4.74 Å². The van der Waals surface area contributed by atoms with Crippen molar-refractivity contribution in [2.45, 2.75) is 6.92 Å². The van der Waals surface area contributed by atoms with Crippen LogP contribution in [0.1, 0.15) is 27.6 Å². The van der Waals surface area contributed by atoms with Gasteiger partial charge in [0, 0.05) is 23.5 Å². The lowest BCUT2D eigenvalue weighted by atomic mass is 10.1. The van der Waals surface area contributed by atoms with Crippen LogP contribution in [0.5, 0.6) is 0 Å². The second kappa shape index (κ2) is 6.49. The van der Waals surface area contributed by atoms with Gasteiger partial charge < -0.3 is 14.6 Å². The molecule has 0 atom stereocenters. The summed E-state index contributed by atoms with van der Waals surface area (Å²) in [6, 6.07) is 0. The fourth-order valence-electron chi connectivity index (χ4n) is 1.19. The van der Waals surface area contributed by atoms with Crippen molar-refractivity contribution in [2.24, 2.45) is 0 Å². The van der Waals surface area contributed by atoms with Gasteiger partial charge in [-0.05, 0) is 70.6 Å². The van der Waals surface area contributed by atoms with E-state index in [9.17, 15) is 14.7 Å². The summed E-state index contributed by atoms with van der Waals surface area (Å²) in [6.45, 7) is 1.90. The number of ether oxygens (including phenoxy) is 1. The minimum atomic E-state index is -1.37. The summed E-state index contributed by atoms with van der Waals surface area (Å²) < 4.78 is 5.89. The normalized spacial score (nSPS) is 10.3. The fourth-order valence-corrected chi connectivity index (χ4v) is 3.96. The van der Waals surface area contributed by atoms with Crippen molar-refractivity contribution >= 4 is 75.7 Å². The van der Waals surface area contributed by atoms with Crippen LogP contribution in [0.2, 0.25) is 0 Å². The molecule has 0 spiro atoms. The predicted molar refractivity (Wildman–Crippen MR) is 77.5 cm³/mol. The maximum atomic E-state index is 11.8. The summed E-state index contributed by atoms with van der Waals surface area (Å²) in [5.41, 5.74) is 0.0994. The highest BCUT2D eigenvalue weighted by Crippen LogP contribution is 2.41. The summed E-state index contributed by atoms with van der Waals surface area (Å²) in [4.78, 5) is 22.8. The Kier molecular flexibility index (Phi) is 5.82. The number of benzene rings is 1. The van der Waals surface area contributed by atoms with Crippen LogP contribution in [0.4, 0.5) is 0 Å². The minimum Gasteiger partial charge on any atom is -0.545 e. The Morgan fingerprint density at radius 2 is 1.39 bits per heavy atom. The zero-order valence-corrected chi connectivity index (χ0v) is 15.2. The van der Waals surface area contributed by atoms with E-state index >= 15 is 0 Å². The summed E-state index contributed by atoms with van der Waals surface area (Å²) in [6.07, 6.45) is 0. The molecule has 8 heteroatoms. The largest absolute Gasteiger partial charge is 0.545 e. The molecule has 1 aromatic carbocycles. The molecule has 98 valence electrons. The van der Waals surface area contributed by atoms with Gasteiger partial charge in [-0.25, -0.2) is 4.79 Å². The minimum absolute atomic E-state index is 0.0956. The molecule has 0 bridgehead atoms. The number of carbonyl (C=O) groups excluding carboxylic acids is 2. The van der Waals surface area contributed by atoms with Crippen molar-refractivity contribution in [3.05, 3.63) is 29.0 Å². The maximum Gasteiger partial charge on any atom is 0.340 e. The van der Waals surface area contributed by atoms with E-state index in [0.29, 0.717) is 0 Å². The molecule has 0 saturated heterocycles. The molecule has 18 heavy (non-hydrogen) atoms. The van der Waals surface area contributed by atoms with Crippen LogP contribution in [-0.4, -0.2) is 18.5 Å². The van der Waals surface area contributed by atoms with E-state index in [1.54, 1.807) is 6.92 Å². The first-order chi connectivity index (χ1) is 8.32. The standard InChI is InChI=1S/C10H6Br4O4/c1-2-18-10(17)4-7(13)5(11)3(9(15)16)6(12)8(4)14/h2H2,1H3,(H,15,16)/p-1. The molecule has 0 amide bonds. The molecule has 0 saturated carbocycles. The van der Waals surface area contributed by atoms with Gasteiger partial charge in [-0.2, -0.15) is 0 Å². The molecule has 0 aliphatic heterocycles. The van der Waals surface area contributed by atoms with E-state index in [1.165, 1.54) is 0 Å². The molecule has 1 rings (SSSR count). The maximum absolute atomic E-state index is 11.8. The fraction of sp³-hybridized carbons (Fsp3) is 0.200. The van der Waals surface area contributed by atoms with Crippen molar-refractivity contribution in [3.63, 3.8) is 0 Å². The molecule has 0 fully saturated rings. The predicted octanol–water partition coefficient (Wildman–Crippen LogP) is 3.28. The smallest absolute Gasteiger partial charge is 0.340 e. The van der Waals surface area contributed by atoms with Gasteiger partial charge in [-0.3, -0.25) is 0 Å². The molecule has 1 aromatic rings. The first-order valence-corrected chi connectivity index (χ1v) is 7.74. The van der Waals surface area contributed by atoms with Crippen molar-refractivity contribution < 1.29 is 19.4 Å². The Labute approximate surface area is 137 Å². The molecule has 4 nitrogen and oxygen atoms in total. The number of carboxylic acid groups (broad SMARTS) is 1. The third kappa shape index (κ3) is 2.97. The van der Waals surface area contributed by atoms with Crippen molar-refractivity contribution in [3.8, 4) is 0 Å². The van der Waals surface area contributed by atoms with Gasteiger partial charge in [0.1, 0.15) is 0 Å². The number of hydrogen-bond donors (Lipinski definition) is 0. The summed E-state index contributed by atoms with van der Waals surface area (Å²) in [7, 11) is 0. The quantitative estimate of drug-likeness (QED) is 0.464. The number of esters is 1. The third-order valence-corrected chi connectivity index (χ3v) is 6.18. The van der Waals surface area contributed by atoms with E-state index in [4.69, 9.17) is 4.74 Å². The molecule has 0 N–H and O–H groups in total. The number of carbonyl (C=O) groups is 2. The first kappa shape index (κ1) is 16.1. The number of carboxylic acids is 1. The molecular formula is C10H5Br4O4-. The summed E-state index contributed by atoms with van der Waals surface area (Å²) >= 11 is 12.5. The second-order valence-corrected chi connectivity index (χ2v) is 6.19. The lowest BCUT2D eigenvalue weighted by Gasteiger charge is -2.16. The average molecular weight is 509 g/mol. The third-order valence-electron chi connectivity index (χ3n) is 1.95. The van der Waals surface area contributed by atoms with Crippen LogP contribution >= 0.6 is 63.7 Å². The van der Waals surface area contributed by atoms with Crippen molar-refractivity contribution in [1.82, 2.24) is 0 Å². The van der Waals surface area contributed by atoms with E-state index < -0.39 is 11.9 Å². The van der Waals surface area contributed by atoms with Crippen LogP contribution < -0.4 is 5.11 Å². The zero-order chi connectivity index (χ0) is 14.0. The van der Waals surface area contributed by atoms with Crippen molar-refractivity contribution in [2.75, 3.05) is 6.61 Å². The van der Waals surface area contributed by atoms with Crippen LogP contribution in [0.25, 0.3) is 0 Å². The molecule has 0 radical (unpaired) electrons. The number of halogens is 4. The van der Waals surface area contributed by atoms with Crippen molar-refractivity contribution in [1.29, 1.82) is 0 Å². The van der Waals surface area contributed by atoms with Crippen LogP contribution in [0.3, 0.4) is 0 Å². The molecular weight excluding hydrogens is 504 g/mol. The van der Waals surface area contributed by atoms with Gasteiger partial charge >= 0.3 is 5.97 Å². The zero-order valence-electron chi connectivity index (χ0n) is 8.85. The lowest BCUT2D eigenvalue weighted by molar-refractivity contribution is -0.255. The average Bonchev–Trinajstić information content (AvgIpc) is 2.27. The Bertz CT molecular complexity index is 498. The van der Waals surface area contributed by atoms with Gasteiger partial charge in [-0.1, -0.05) is 0 Å². The number of aromatic carboxylic acids is 1. The molecule has 0 aromatic heterocycles. The van der Waals surface area contributed by atoms with E-state index in [1.807, 2.05) is 0 Å². The monoisotopic (exact) mass is 505 g/mol. The van der Waals surface area contributed by atoms with Gasteiger partial charge in [0.25, 0.3) is 0 Å². The van der Waals surface area contributed by atoms with Crippen LogP contribution in [0.15, 0.2) is 17.9 Å². The number of rotatable bonds is 3. The van der Waals surface area contributed by atoms with Crippen LogP contribution in [0, 0.1) is 0 Å². The van der Waals surface area contributed by atoms with Gasteiger partial charge in [0.2, 0.25) is 0 Å². The molecule has 0 aliphatic carbocycles. The van der Waals surface area contributed by atoms with Gasteiger partial charge in [-0.15, -0.1) is 0 Å². The first-order valence-electron chi connectivity index (χ1n) is 4.57. The van der Waals surface area contributed by atoms with E-state index in [-0.39, 0.29) is 35.6 Å². The van der Waals surface area contributed by atoms with Gasteiger partial charge in [0.05, 0.1) is 18.1 Å². The Morgan fingerprint density at radius 3 is 1.72 bits per heavy atom.